The molecule has 1 fully saturated rings. The molecule has 4 rings (SSSR count). The number of fused-ring (bicyclic) bond motifs is 1. The first-order valence-electron chi connectivity index (χ1n) is 9.38. The van der Waals surface area contributed by atoms with Gasteiger partial charge in [0.05, 0.1) is 11.1 Å². The first kappa shape index (κ1) is 17.4. The smallest absolute Gasteiger partial charge is 0.254 e. The summed E-state index contributed by atoms with van der Waals surface area (Å²) in [6.07, 6.45) is 1.42. The quantitative estimate of drug-likeness (QED) is 0.657. The Kier molecular flexibility index (Phi) is 4.71. The van der Waals surface area contributed by atoms with Crippen LogP contribution in [0.1, 0.15) is 39.3 Å². The van der Waals surface area contributed by atoms with Crippen LogP contribution in [0.15, 0.2) is 60.7 Å². The summed E-state index contributed by atoms with van der Waals surface area (Å²) in [6, 6.07) is 19.0. The summed E-state index contributed by atoms with van der Waals surface area (Å²) in [5, 5.41) is 0.885. The van der Waals surface area contributed by atoms with E-state index >= 15 is 0 Å². The molecule has 136 valence electrons. The van der Waals surface area contributed by atoms with E-state index in [9.17, 15) is 9.59 Å². The van der Waals surface area contributed by atoms with E-state index in [0.717, 1.165) is 22.2 Å². The third-order valence-electron chi connectivity index (χ3n) is 5.29. The van der Waals surface area contributed by atoms with Crippen LogP contribution >= 0.6 is 0 Å². The number of nitrogens with zero attached hydrogens (tertiary/aromatic N) is 2. The summed E-state index contributed by atoms with van der Waals surface area (Å²) in [5.41, 5.74) is 3.14. The average molecular weight is 358 g/mol. The minimum atomic E-state index is -0.00706. The van der Waals surface area contributed by atoms with Gasteiger partial charge in [-0.2, -0.15) is 0 Å². The number of benzene rings is 2. The number of pyridine rings is 1. The van der Waals surface area contributed by atoms with Gasteiger partial charge in [0.25, 0.3) is 5.91 Å². The summed E-state index contributed by atoms with van der Waals surface area (Å²) in [4.78, 5) is 32.2. The molecule has 0 bridgehead atoms. The molecule has 2 aromatic carbocycles. The Hall–Kier alpha value is -3.01. The van der Waals surface area contributed by atoms with E-state index in [-0.39, 0.29) is 17.6 Å². The zero-order chi connectivity index (χ0) is 18.8. The molecule has 1 aliphatic heterocycles. The van der Waals surface area contributed by atoms with Crippen molar-refractivity contribution in [3.05, 3.63) is 77.5 Å². The van der Waals surface area contributed by atoms with E-state index in [1.165, 1.54) is 0 Å². The maximum atomic E-state index is 13.1. The standard InChI is InChI=1S/C23H22N2O2/c1-16-15-20(19-9-5-6-10-21(19)24-16)23(27)25-13-11-18(12-14-25)22(26)17-7-3-2-4-8-17/h2-10,15,18H,11-14H2,1H3. The van der Waals surface area contributed by atoms with Gasteiger partial charge in [-0.1, -0.05) is 48.5 Å². The lowest BCUT2D eigenvalue weighted by Crippen LogP contribution is -2.40. The largest absolute Gasteiger partial charge is 0.339 e. The number of Topliss-reactive ketones (excluding diaryl/α,β-unsaturated/α-hetero) is 1. The van der Waals surface area contributed by atoms with Gasteiger partial charge in [0, 0.05) is 35.7 Å². The lowest BCUT2D eigenvalue weighted by atomic mass is 9.88. The number of aromatic nitrogens is 1. The van der Waals surface area contributed by atoms with Crippen LogP contribution in [0.5, 0.6) is 0 Å². The molecular weight excluding hydrogens is 336 g/mol. The number of para-hydroxylation sites is 1. The molecule has 0 aliphatic carbocycles. The van der Waals surface area contributed by atoms with Gasteiger partial charge in [-0.15, -0.1) is 0 Å². The molecular formula is C23H22N2O2. The molecule has 3 aromatic rings. The summed E-state index contributed by atoms with van der Waals surface area (Å²) in [6.45, 7) is 3.13. The van der Waals surface area contributed by atoms with E-state index in [1.807, 2.05) is 72.5 Å². The van der Waals surface area contributed by atoms with E-state index in [4.69, 9.17) is 0 Å². The molecule has 4 heteroatoms. The number of hydrogen-bond acceptors (Lipinski definition) is 3. The molecule has 0 saturated carbocycles. The molecule has 0 unspecified atom stereocenters. The Balaban J connectivity index is 1.50. The fourth-order valence-corrected chi connectivity index (χ4v) is 3.84. The van der Waals surface area contributed by atoms with Crippen molar-refractivity contribution in [3.63, 3.8) is 0 Å². The average Bonchev–Trinajstić information content (AvgIpc) is 2.73. The van der Waals surface area contributed by atoms with Crippen molar-refractivity contribution in [2.45, 2.75) is 19.8 Å². The third-order valence-corrected chi connectivity index (χ3v) is 5.29. The van der Waals surface area contributed by atoms with Crippen molar-refractivity contribution in [3.8, 4) is 0 Å². The van der Waals surface area contributed by atoms with Crippen LogP contribution in [0.3, 0.4) is 0 Å². The molecule has 27 heavy (non-hydrogen) atoms. The number of piperidine rings is 1. The van der Waals surface area contributed by atoms with Gasteiger partial charge in [-0.3, -0.25) is 14.6 Å². The van der Waals surface area contributed by atoms with Gasteiger partial charge in [-0.05, 0) is 31.9 Å². The zero-order valence-electron chi connectivity index (χ0n) is 15.4. The summed E-state index contributed by atoms with van der Waals surface area (Å²) < 4.78 is 0. The number of hydrogen-bond donors (Lipinski definition) is 0. The lowest BCUT2D eigenvalue weighted by molar-refractivity contribution is 0.0652. The topological polar surface area (TPSA) is 50.3 Å². The van der Waals surface area contributed by atoms with Crippen LogP contribution < -0.4 is 0 Å². The van der Waals surface area contributed by atoms with Gasteiger partial charge >= 0.3 is 0 Å². The van der Waals surface area contributed by atoms with E-state index < -0.39 is 0 Å². The van der Waals surface area contributed by atoms with Crippen LogP contribution in [0.4, 0.5) is 0 Å². The Morgan fingerprint density at radius 3 is 2.37 bits per heavy atom. The normalized spacial score (nSPS) is 15.1. The molecule has 4 nitrogen and oxygen atoms in total. The summed E-state index contributed by atoms with van der Waals surface area (Å²) in [7, 11) is 0. The highest BCUT2D eigenvalue weighted by molar-refractivity contribution is 6.06. The molecule has 1 saturated heterocycles. The minimum Gasteiger partial charge on any atom is -0.339 e. The van der Waals surface area contributed by atoms with Crippen LogP contribution in [-0.2, 0) is 0 Å². The fraction of sp³-hybridized carbons (Fsp3) is 0.261. The highest BCUT2D eigenvalue weighted by atomic mass is 16.2. The molecule has 2 heterocycles. The number of ketones is 1. The van der Waals surface area contributed by atoms with Crippen molar-refractivity contribution >= 4 is 22.6 Å². The summed E-state index contributed by atoms with van der Waals surface area (Å²) in [5.74, 6) is 0.211. The number of rotatable bonds is 3. The van der Waals surface area contributed by atoms with Crippen molar-refractivity contribution in [2.24, 2.45) is 5.92 Å². The van der Waals surface area contributed by atoms with Gasteiger partial charge in [0.15, 0.2) is 5.78 Å². The van der Waals surface area contributed by atoms with E-state index in [2.05, 4.69) is 4.98 Å². The number of carbonyl (C=O) groups is 2. The molecule has 0 atom stereocenters. The van der Waals surface area contributed by atoms with Gasteiger partial charge < -0.3 is 4.90 Å². The van der Waals surface area contributed by atoms with Crippen molar-refractivity contribution in [2.75, 3.05) is 13.1 Å². The summed E-state index contributed by atoms with van der Waals surface area (Å²) >= 11 is 0. The Morgan fingerprint density at radius 1 is 0.963 bits per heavy atom. The third kappa shape index (κ3) is 3.47. The SMILES string of the molecule is Cc1cc(C(=O)N2CCC(C(=O)c3ccccc3)CC2)c2ccccc2n1. The molecule has 0 N–H and O–H groups in total. The van der Waals surface area contributed by atoms with Gasteiger partial charge in [0.2, 0.25) is 0 Å². The Labute approximate surface area is 158 Å². The lowest BCUT2D eigenvalue weighted by Gasteiger charge is -2.31. The first-order chi connectivity index (χ1) is 13.1. The maximum Gasteiger partial charge on any atom is 0.254 e. The minimum absolute atomic E-state index is 0.00706. The van der Waals surface area contributed by atoms with Crippen LogP contribution in [0.25, 0.3) is 10.9 Å². The highest BCUT2D eigenvalue weighted by Crippen LogP contribution is 2.25. The Morgan fingerprint density at radius 2 is 1.63 bits per heavy atom. The van der Waals surface area contributed by atoms with Gasteiger partial charge in [0.1, 0.15) is 0 Å². The van der Waals surface area contributed by atoms with Gasteiger partial charge in [-0.25, -0.2) is 0 Å². The van der Waals surface area contributed by atoms with Crippen LogP contribution in [-0.4, -0.2) is 34.7 Å². The number of aryl methyl sites for hydroxylation is 1. The fourth-order valence-electron chi connectivity index (χ4n) is 3.84. The predicted octanol–water partition coefficient (Wildman–Crippen LogP) is 4.28. The predicted molar refractivity (Wildman–Crippen MR) is 106 cm³/mol. The molecule has 0 spiro atoms. The van der Waals surface area contributed by atoms with Crippen LogP contribution in [0, 0.1) is 12.8 Å². The van der Waals surface area contributed by atoms with Crippen molar-refractivity contribution < 1.29 is 9.59 Å². The molecule has 1 amide bonds. The molecule has 0 radical (unpaired) electrons. The monoisotopic (exact) mass is 358 g/mol. The number of likely N-dealkylation sites (tertiary alicyclic amines) is 1. The molecule has 1 aromatic heterocycles. The Bertz CT molecular complexity index is 990. The highest BCUT2D eigenvalue weighted by Gasteiger charge is 2.29. The van der Waals surface area contributed by atoms with Crippen molar-refractivity contribution in [1.82, 2.24) is 9.88 Å². The number of amides is 1. The van der Waals surface area contributed by atoms with E-state index in [0.29, 0.717) is 31.5 Å². The second-order valence-corrected chi connectivity index (χ2v) is 7.13. The second kappa shape index (κ2) is 7.31. The zero-order valence-corrected chi connectivity index (χ0v) is 15.4. The van der Waals surface area contributed by atoms with Crippen LogP contribution in [0.2, 0.25) is 0 Å². The number of carbonyl (C=O) groups excluding carboxylic acids is 2. The van der Waals surface area contributed by atoms with E-state index in [1.54, 1.807) is 0 Å². The van der Waals surface area contributed by atoms with Crippen molar-refractivity contribution in [1.29, 1.82) is 0 Å². The molecule has 1 aliphatic rings. The first-order valence-corrected chi connectivity index (χ1v) is 9.38. The second-order valence-electron chi connectivity index (χ2n) is 7.13. The maximum absolute atomic E-state index is 13.1.